The number of carbonyl (C=O) groups excluding carboxylic acids is 4. The van der Waals surface area contributed by atoms with E-state index in [0.29, 0.717) is 76.3 Å². The fourth-order valence-corrected chi connectivity index (χ4v) is 7.83. The number of carbonyl (C=O) groups is 4. The van der Waals surface area contributed by atoms with E-state index in [1.807, 2.05) is 76.2 Å². The van der Waals surface area contributed by atoms with Crippen molar-refractivity contribution in [2.24, 2.45) is 5.92 Å². The number of likely N-dealkylation sites (tertiary alicyclic amines) is 2. The van der Waals surface area contributed by atoms with Crippen LogP contribution in [0.15, 0.2) is 60.8 Å². The topological polar surface area (TPSA) is 133 Å². The molecule has 0 bridgehead atoms. The van der Waals surface area contributed by atoms with E-state index < -0.39 is 11.7 Å². The molecule has 0 saturated carbocycles. The minimum Gasteiger partial charge on any atom is -0.457 e. The number of piperidine rings is 1. The van der Waals surface area contributed by atoms with Crippen molar-refractivity contribution < 1.29 is 28.7 Å². The molecule has 260 valence electrons. The lowest BCUT2D eigenvalue weighted by Gasteiger charge is -2.34. The molecule has 4 aromatic rings. The molecule has 2 fully saturated rings. The van der Waals surface area contributed by atoms with Crippen molar-refractivity contribution in [3.05, 3.63) is 71.2 Å². The molecule has 0 spiro atoms. The summed E-state index contributed by atoms with van der Waals surface area (Å²) in [5.41, 5.74) is 1.98. The zero-order valence-corrected chi connectivity index (χ0v) is 29.3. The Balaban J connectivity index is 1.05. The third-order valence-electron chi connectivity index (χ3n) is 9.10. The van der Waals surface area contributed by atoms with E-state index in [9.17, 15) is 19.2 Å². The van der Waals surface area contributed by atoms with Crippen molar-refractivity contribution in [3.63, 3.8) is 0 Å². The quantitative estimate of drug-likeness (QED) is 0.221. The number of aromatic nitrogens is 1. The molecule has 5 amide bonds. The van der Waals surface area contributed by atoms with Crippen LogP contribution in [0.5, 0.6) is 11.5 Å². The Morgan fingerprint density at radius 2 is 1.76 bits per heavy atom. The van der Waals surface area contributed by atoms with Crippen molar-refractivity contribution in [2.75, 3.05) is 36.4 Å². The number of nitrogens with zero attached hydrogens (tertiary/aromatic N) is 4. The van der Waals surface area contributed by atoms with E-state index >= 15 is 0 Å². The number of amides is 5. The number of benzene rings is 2. The second-order valence-electron chi connectivity index (χ2n) is 14.0. The summed E-state index contributed by atoms with van der Waals surface area (Å²) in [6, 6.07) is 16.2. The highest BCUT2D eigenvalue weighted by atomic mass is 32.1. The average Bonchev–Trinajstić information content (AvgIpc) is 3.72. The van der Waals surface area contributed by atoms with E-state index in [1.165, 1.54) is 11.3 Å². The molecule has 13 heteroatoms. The van der Waals surface area contributed by atoms with Crippen LogP contribution in [0.25, 0.3) is 10.2 Å². The van der Waals surface area contributed by atoms with E-state index in [0.717, 1.165) is 18.4 Å². The first kappa shape index (κ1) is 33.3. The standard InChI is InChI=1S/C37H40N6O6S/c1-22-19-26(48-25-10-6-5-7-11-25)12-13-27(22)43-28-14-16-38-33-29(28)30(40-35(43)46)31(50-33)32(44)39-24-9-8-17-41(21-24)34(45)23-15-18-42(20-23)36(47)49-37(2,3)4/h5-7,10-14,16,19,23-24H,8-9,15,17-18,20-21H2,1-4H3,(H,39,44)(H,40,46). The molecule has 50 heavy (non-hydrogen) atoms. The first-order valence-electron chi connectivity index (χ1n) is 16.9. The Kier molecular flexibility index (Phi) is 8.85. The monoisotopic (exact) mass is 696 g/mol. The molecule has 0 radical (unpaired) electrons. The highest BCUT2D eigenvalue weighted by Crippen LogP contribution is 2.46. The van der Waals surface area contributed by atoms with Crippen LogP contribution >= 0.6 is 11.3 Å². The molecule has 2 N–H and O–H groups in total. The lowest BCUT2D eigenvalue weighted by molar-refractivity contribution is -0.136. The van der Waals surface area contributed by atoms with Crippen LogP contribution in [0.1, 0.15) is 55.3 Å². The smallest absolute Gasteiger partial charge is 0.410 e. The van der Waals surface area contributed by atoms with Gasteiger partial charge in [-0.15, -0.1) is 11.3 Å². The van der Waals surface area contributed by atoms with Gasteiger partial charge >= 0.3 is 12.1 Å². The summed E-state index contributed by atoms with van der Waals surface area (Å²) in [5.74, 6) is 0.732. The third-order valence-corrected chi connectivity index (χ3v) is 10.2. The molecule has 2 unspecified atom stereocenters. The highest BCUT2D eigenvalue weighted by Gasteiger charge is 2.38. The number of hydrogen-bond donors (Lipinski definition) is 2. The number of para-hydroxylation sites is 1. The van der Waals surface area contributed by atoms with E-state index in [2.05, 4.69) is 15.6 Å². The van der Waals surface area contributed by atoms with Gasteiger partial charge in [-0.2, -0.15) is 0 Å². The maximum absolute atomic E-state index is 13.8. The van der Waals surface area contributed by atoms with Crippen molar-refractivity contribution in [3.8, 4) is 11.5 Å². The number of urea groups is 1. The Morgan fingerprint density at radius 3 is 2.52 bits per heavy atom. The molecule has 5 heterocycles. The van der Waals surface area contributed by atoms with Crippen LogP contribution in [0, 0.1) is 12.8 Å². The summed E-state index contributed by atoms with van der Waals surface area (Å²) < 4.78 is 11.5. The maximum atomic E-state index is 13.8. The molecule has 12 nitrogen and oxygen atoms in total. The van der Waals surface area contributed by atoms with Crippen LogP contribution < -0.4 is 20.3 Å². The SMILES string of the molecule is Cc1cc(Oc2ccccc2)ccc1N1C(=O)Nc2c(C(=O)NC3CCCN(C(=O)C4CCN(C(=O)OC(C)(C)C)C4)C3)sc3nccc1c23. The van der Waals surface area contributed by atoms with Gasteiger partial charge in [-0.3, -0.25) is 14.5 Å². The summed E-state index contributed by atoms with van der Waals surface area (Å²) in [4.78, 5) is 64.1. The van der Waals surface area contributed by atoms with Gasteiger partial charge < -0.3 is 29.9 Å². The van der Waals surface area contributed by atoms with Crippen molar-refractivity contribution >= 4 is 62.6 Å². The summed E-state index contributed by atoms with van der Waals surface area (Å²) in [6.45, 7) is 9.15. The second-order valence-corrected chi connectivity index (χ2v) is 15.0. The Hall–Kier alpha value is -5.17. The van der Waals surface area contributed by atoms with Gasteiger partial charge in [0.2, 0.25) is 5.91 Å². The Morgan fingerprint density at radius 1 is 0.960 bits per heavy atom. The Bertz CT molecular complexity index is 1970. The number of rotatable bonds is 6. The minimum atomic E-state index is -0.603. The van der Waals surface area contributed by atoms with Gasteiger partial charge in [0.1, 0.15) is 26.8 Å². The maximum Gasteiger partial charge on any atom is 0.410 e. The first-order valence-corrected chi connectivity index (χ1v) is 17.7. The third kappa shape index (κ3) is 6.69. The van der Waals surface area contributed by atoms with Crippen LogP contribution in [0.2, 0.25) is 0 Å². The number of ether oxygens (including phenoxy) is 2. The van der Waals surface area contributed by atoms with Gasteiger partial charge in [0.25, 0.3) is 5.91 Å². The minimum absolute atomic E-state index is 0.0110. The van der Waals surface area contributed by atoms with Gasteiger partial charge in [-0.25, -0.2) is 14.6 Å². The number of aryl methyl sites for hydroxylation is 1. The zero-order valence-electron chi connectivity index (χ0n) is 28.5. The van der Waals surface area contributed by atoms with Crippen molar-refractivity contribution in [1.29, 1.82) is 0 Å². The molecular weight excluding hydrogens is 657 g/mol. The summed E-state index contributed by atoms with van der Waals surface area (Å²) in [5, 5.41) is 6.79. The van der Waals surface area contributed by atoms with Gasteiger partial charge in [0, 0.05) is 38.4 Å². The van der Waals surface area contributed by atoms with E-state index in [1.54, 1.807) is 27.0 Å². The molecule has 0 aliphatic carbocycles. The molecule has 3 aliphatic rings. The van der Waals surface area contributed by atoms with Crippen molar-refractivity contribution in [1.82, 2.24) is 20.1 Å². The molecule has 2 aromatic heterocycles. The molecule has 2 aromatic carbocycles. The van der Waals surface area contributed by atoms with E-state index in [4.69, 9.17) is 9.47 Å². The number of thiophene rings is 1. The number of hydrogen-bond acceptors (Lipinski definition) is 8. The number of pyridine rings is 1. The van der Waals surface area contributed by atoms with Crippen LogP contribution in [0.4, 0.5) is 26.7 Å². The molecular formula is C37H40N6O6S. The number of anilines is 3. The summed E-state index contributed by atoms with van der Waals surface area (Å²) >= 11 is 1.23. The van der Waals surface area contributed by atoms with Crippen molar-refractivity contribution in [2.45, 2.75) is 58.6 Å². The number of nitrogens with one attached hydrogen (secondary N) is 2. The lowest BCUT2D eigenvalue weighted by Crippen LogP contribution is -2.51. The normalized spacial score (nSPS) is 19.0. The molecule has 2 saturated heterocycles. The molecule has 2 atom stereocenters. The van der Waals surface area contributed by atoms with Gasteiger partial charge in [-0.1, -0.05) is 18.2 Å². The fourth-order valence-electron chi connectivity index (χ4n) is 6.81. The van der Waals surface area contributed by atoms with Gasteiger partial charge in [0.15, 0.2) is 0 Å². The van der Waals surface area contributed by atoms with Crippen LogP contribution in [-0.4, -0.2) is 76.5 Å². The van der Waals surface area contributed by atoms with Crippen LogP contribution in [-0.2, 0) is 9.53 Å². The lowest BCUT2D eigenvalue weighted by atomic mass is 10.0. The predicted octanol–water partition coefficient (Wildman–Crippen LogP) is 7.06. The van der Waals surface area contributed by atoms with E-state index in [-0.39, 0.29) is 29.8 Å². The van der Waals surface area contributed by atoms with Gasteiger partial charge in [-0.05, 0) is 88.9 Å². The predicted molar refractivity (Wildman–Crippen MR) is 191 cm³/mol. The largest absolute Gasteiger partial charge is 0.457 e. The first-order chi connectivity index (χ1) is 23.9. The highest BCUT2D eigenvalue weighted by molar-refractivity contribution is 7.21. The fraction of sp³-hybridized carbons (Fsp3) is 0.378. The average molecular weight is 697 g/mol. The van der Waals surface area contributed by atoms with Gasteiger partial charge in [0.05, 0.1) is 28.4 Å². The second kappa shape index (κ2) is 13.3. The molecule has 7 rings (SSSR count). The molecule has 3 aliphatic heterocycles. The Labute approximate surface area is 294 Å². The summed E-state index contributed by atoms with van der Waals surface area (Å²) in [7, 11) is 0. The summed E-state index contributed by atoms with van der Waals surface area (Å²) in [6.07, 6.45) is 3.28. The van der Waals surface area contributed by atoms with Crippen LogP contribution in [0.3, 0.4) is 0 Å². The zero-order chi connectivity index (χ0) is 35.2.